The van der Waals surface area contributed by atoms with Crippen molar-refractivity contribution in [3.63, 3.8) is 0 Å². The van der Waals surface area contributed by atoms with Gasteiger partial charge in [0.2, 0.25) is 0 Å². The molecule has 6 aromatic rings. The molecule has 6 rings (SSSR count). The third kappa shape index (κ3) is 2.90. The Balaban J connectivity index is 1.89. The monoisotopic (exact) mass is 398 g/mol. The van der Waals surface area contributed by atoms with Crippen LogP contribution < -0.4 is 0 Å². The highest BCUT2D eigenvalue weighted by molar-refractivity contribution is 6.23. The molecule has 146 valence electrons. The van der Waals surface area contributed by atoms with E-state index in [0.717, 1.165) is 16.7 Å². The van der Waals surface area contributed by atoms with E-state index in [4.69, 9.17) is 0 Å². The van der Waals surface area contributed by atoms with Gasteiger partial charge in [-0.15, -0.1) is 0 Å². The second kappa shape index (κ2) is 7.07. The fraction of sp³-hybridized carbons (Fsp3) is 0. The smallest absolute Gasteiger partial charge is 0.123 e. The standard InChI is InChI=1S/C30H19F/c31-24-16-14-21(15-17-24)30-28-19-23-11-5-4-10-22(23)18-27(28)25-12-6-7-13-26(25)29(30)20-8-2-1-3-9-20/h1-19H. The molecule has 0 aliphatic heterocycles. The van der Waals surface area contributed by atoms with Gasteiger partial charge in [-0.25, -0.2) is 4.39 Å². The Hall–Kier alpha value is -3.97. The Morgan fingerprint density at radius 2 is 0.903 bits per heavy atom. The Labute approximate surface area is 180 Å². The van der Waals surface area contributed by atoms with Crippen molar-refractivity contribution in [3.05, 3.63) is 121 Å². The Morgan fingerprint density at radius 3 is 1.61 bits per heavy atom. The van der Waals surface area contributed by atoms with Crippen molar-refractivity contribution in [1.29, 1.82) is 0 Å². The van der Waals surface area contributed by atoms with Gasteiger partial charge in [0.05, 0.1) is 0 Å². The number of halogens is 1. The van der Waals surface area contributed by atoms with E-state index >= 15 is 0 Å². The van der Waals surface area contributed by atoms with Gasteiger partial charge in [-0.3, -0.25) is 0 Å². The number of hydrogen-bond acceptors (Lipinski definition) is 0. The van der Waals surface area contributed by atoms with Gasteiger partial charge in [-0.1, -0.05) is 91.0 Å². The van der Waals surface area contributed by atoms with Crippen molar-refractivity contribution >= 4 is 32.3 Å². The third-order valence-electron chi connectivity index (χ3n) is 6.09. The molecule has 0 bridgehead atoms. The summed E-state index contributed by atoms with van der Waals surface area (Å²) in [5.41, 5.74) is 4.51. The van der Waals surface area contributed by atoms with E-state index in [9.17, 15) is 4.39 Å². The lowest BCUT2D eigenvalue weighted by atomic mass is 9.84. The molecule has 1 heteroatoms. The number of rotatable bonds is 2. The summed E-state index contributed by atoms with van der Waals surface area (Å²) in [5.74, 6) is -0.222. The molecule has 0 fully saturated rings. The molecular formula is C30H19F. The van der Waals surface area contributed by atoms with Gasteiger partial charge in [-0.05, 0) is 78.8 Å². The molecule has 0 heterocycles. The minimum absolute atomic E-state index is 0.222. The predicted molar refractivity (Wildman–Crippen MR) is 130 cm³/mol. The first-order chi connectivity index (χ1) is 15.3. The molecule has 6 aromatic carbocycles. The van der Waals surface area contributed by atoms with Gasteiger partial charge in [0.15, 0.2) is 0 Å². The summed E-state index contributed by atoms with van der Waals surface area (Å²) in [7, 11) is 0. The van der Waals surface area contributed by atoms with E-state index in [1.54, 1.807) is 12.1 Å². The van der Waals surface area contributed by atoms with Crippen LogP contribution in [0.15, 0.2) is 115 Å². The molecular weight excluding hydrogens is 379 g/mol. The molecule has 0 radical (unpaired) electrons. The van der Waals surface area contributed by atoms with Crippen molar-refractivity contribution in [2.24, 2.45) is 0 Å². The van der Waals surface area contributed by atoms with Crippen molar-refractivity contribution in [2.75, 3.05) is 0 Å². The van der Waals surface area contributed by atoms with Crippen LogP contribution in [0, 0.1) is 5.82 Å². The highest BCUT2D eigenvalue weighted by atomic mass is 19.1. The van der Waals surface area contributed by atoms with Crippen LogP contribution in [0.1, 0.15) is 0 Å². The molecule has 0 aliphatic carbocycles. The topological polar surface area (TPSA) is 0 Å². The molecule has 0 amide bonds. The zero-order valence-corrected chi connectivity index (χ0v) is 16.8. The lowest BCUT2D eigenvalue weighted by Gasteiger charge is -2.19. The van der Waals surface area contributed by atoms with Crippen molar-refractivity contribution in [3.8, 4) is 22.3 Å². The summed E-state index contributed by atoms with van der Waals surface area (Å²) in [6.45, 7) is 0. The molecule has 0 saturated heterocycles. The molecule has 0 spiro atoms. The zero-order valence-electron chi connectivity index (χ0n) is 16.8. The Morgan fingerprint density at radius 1 is 0.387 bits per heavy atom. The van der Waals surface area contributed by atoms with E-state index in [0.29, 0.717) is 0 Å². The minimum atomic E-state index is -0.222. The Kier molecular flexibility index (Phi) is 4.07. The normalized spacial score (nSPS) is 11.4. The van der Waals surface area contributed by atoms with E-state index in [-0.39, 0.29) is 5.82 Å². The summed E-state index contributed by atoms with van der Waals surface area (Å²) in [6.07, 6.45) is 0. The maximum Gasteiger partial charge on any atom is 0.123 e. The van der Waals surface area contributed by atoms with Crippen LogP contribution in [0.3, 0.4) is 0 Å². The van der Waals surface area contributed by atoms with Crippen molar-refractivity contribution < 1.29 is 4.39 Å². The summed E-state index contributed by atoms with van der Waals surface area (Å²) in [6, 6.07) is 39.0. The summed E-state index contributed by atoms with van der Waals surface area (Å²) in [4.78, 5) is 0. The van der Waals surface area contributed by atoms with Crippen LogP contribution in [0.2, 0.25) is 0 Å². The van der Waals surface area contributed by atoms with Crippen LogP contribution in [0.5, 0.6) is 0 Å². The van der Waals surface area contributed by atoms with Gasteiger partial charge in [0.25, 0.3) is 0 Å². The van der Waals surface area contributed by atoms with E-state index in [2.05, 4.69) is 84.9 Å². The second-order valence-corrected chi connectivity index (χ2v) is 7.91. The zero-order chi connectivity index (χ0) is 20.8. The van der Waals surface area contributed by atoms with Crippen LogP contribution >= 0.6 is 0 Å². The van der Waals surface area contributed by atoms with E-state index < -0.39 is 0 Å². The second-order valence-electron chi connectivity index (χ2n) is 7.91. The predicted octanol–water partition coefficient (Wildman–Crippen LogP) is 8.62. The maximum absolute atomic E-state index is 13.8. The van der Waals surface area contributed by atoms with E-state index in [1.807, 2.05) is 18.2 Å². The first kappa shape index (κ1) is 17.9. The van der Waals surface area contributed by atoms with Gasteiger partial charge in [0, 0.05) is 0 Å². The number of hydrogen-bond donors (Lipinski definition) is 0. The van der Waals surface area contributed by atoms with Gasteiger partial charge >= 0.3 is 0 Å². The summed E-state index contributed by atoms with van der Waals surface area (Å²) in [5, 5.41) is 7.25. The highest BCUT2D eigenvalue weighted by Gasteiger charge is 2.18. The molecule has 0 nitrogen and oxygen atoms in total. The first-order valence-electron chi connectivity index (χ1n) is 10.5. The number of fused-ring (bicyclic) bond motifs is 4. The average molecular weight is 398 g/mol. The van der Waals surface area contributed by atoms with Crippen molar-refractivity contribution in [2.45, 2.75) is 0 Å². The van der Waals surface area contributed by atoms with Gasteiger partial charge in [0.1, 0.15) is 5.82 Å². The Bertz CT molecular complexity index is 1560. The summed E-state index contributed by atoms with van der Waals surface area (Å²) >= 11 is 0. The quantitative estimate of drug-likeness (QED) is 0.202. The molecule has 0 saturated carbocycles. The number of benzene rings is 6. The maximum atomic E-state index is 13.8. The van der Waals surface area contributed by atoms with Crippen LogP contribution in [0.25, 0.3) is 54.6 Å². The molecule has 0 aliphatic rings. The molecule has 0 atom stereocenters. The fourth-order valence-corrected chi connectivity index (χ4v) is 4.70. The molecule has 0 aromatic heterocycles. The lowest BCUT2D eigenvalue weighted by Crippen LogP contribution is -1.92. The molecule has 0 N–H and O–H groups in total. The van der Waals surface area contributed by atoms with Gasteiger partial charge in [-0.2, -0.15) is 0 Å². The third-order valence-corrected chi connectivity index (χ3v) is 6.09. The average Bonchev–Trinajstić information content (AvgIpc) is 2.83. The van der Waals surface area contributed by atoms with Crippen LogP contribution in [0.4, 0.5) is 4.39 Å². The fourth-order valence-electron chi connectivity index (χ4n) is 4.70. The molecule has 31 heavy (non-hydrogen) atoms. The molecule has 0 unspecified atom stereocenters. The van der Waals surface area contributed by atoms with Gasteiger partial charge < -0.3 is 0 Å². The summed E-state index contributed by atoms with van der Waals surface area (Å²) < 4.78 is 13.8. The largest absolute Gasteiger partial charge is 0.207 e. The van der Waals surface area contributed by atoms with Crippen LogP contribution in [-0.4, -0.2) is 0 Å². The SMILES string of the molecule is Fc1ccc(-c2c(-c3ccccc3)c3ccccc3c3cc4ccccc4cc23)cc1. The van der Waals surface area contributed by atoms with E-state index in [1.165, 1.54) is 37.9 Å². The van der Waals surface area contributed by atoms with Crippen LogP contribution in [-0.2, 0) is 0 Å². The first-order valence-corrected chi connectivity index (χ1v) is 10.5. The minimum Gasteiger partial charge on any atom is -0.207 e. The highest BCUT2D eigenvalue weighted by Crippen LogP contribution is 2.45. The van der Waals surface area contributed by atoms with Crippen molar-refractivity contribution in [1.82, 2.24) is 0 Å². The lowest BCUT2D eigenvalue weighted by molar-refractivity contribution is 0.628.